The van der Waals surface area contributed by atoms with E-state index in [-0.39, 0.29) is 16.2 Å². The molecule has 0 atom stereocenters. The number of fused-ring (bicyclic) bond motifs is 12. The summed E-state index contributed by atoms with van der Waals surface area (Å²) in [5.74, 6) is 0. The minimum Gasteiger partial charge on any atom is -0.456 e. The molecule has 0 saturated carbocycles. The zero-order valence-corrected chi connectivity index (χ0v) is 34.4. The van der Waals surface area contributed by atoms with Gasteiger partial charge in [0.25, 0.3) is 0 Å². The molecular weight excluding hydrogens is 715 g/mol. The van der Waals surface area contributed by atoms with Gasteiger partial charge < -0.3 is 9.32 Å². The molecule has 0 spiro atoms. The Morgan fingerprint density at radius 3 is 1.27 bits per heavy atom. The molecule has 3 aliphatic carbocycles. The maximum Gasteiger partial charge on any atom is 0.137 e. The summed E-state index contributed by atoms with van der Waals surface area (Å²) in [5.41, 5.74) is 23.5. The lowest BCUT2D eigenvalue weighted by Crippen LogP contribution is -2.18. The van der Waals surface area contributed by atoms with Crippen LogP contribution in [0.4, 0.5) is 17.1 Å². The molecular formula is C57H45NO. The van der Waals surface area contributed by atoms with E-state index in [4.69, 9.17) is 4.42 Å². The van der Waals surface area contributed by atoms with Gasteiger partial charge in [0.15, 0.2) is 0 Å². The van der Waals surface area contributed by atoms with E-state index < -0.39 is 0 Å². The first-order valence-corrected chi connectivity index (χ1v) is 21.0. The van der Waals surface area contributed by atoms with Crippen molar-refractivity contribution in [1.29, 1.82) is 0 Å². The van der Waals surface area contributed by atoms with E-state index in [1.807, 2.05) is 0 Å². The Kier molecular flexibility index (Phi) is 6.84. The lowest BCUT2D eigenvalue weighted by molar-refractivity contribution is 0.660. The van der Waals surface area contributed by atoms with Crippen LogP contribution in [0.1, 0.15) is 74.9 Å². The molecule has 0 saturated heterocycles. The van der Waals surface area contributed by atoms with Gasteiger partial charge in [0.1, 0.15) is 11.2 Å². The van der Waals surface area contributed by atoms with Crippen molar-refractivity contribution in [2.45, 2.75) is 57.8 Å². The van der Waals surface area contributed by atoms with E-state index in [1.54, 1.807) is 0 Å². The van der Waals surface area contributed by atoms with Crippen LogP contribution in [0, 0.1) is 0 Å². The van der Waals surface area contributed by atoms with Gasteiger partial charge >= 0.3 is 0 Å². The molecule has 0 N–H and O–H groups in total. The topological polar surface area (TPSA) is 16.4 Å². The number of furan rings is 1. The third-order valence-electron chi connectivity index (χ3n) is 14.3. The van der Waals surface area contributed by atoms with Crippen molar-refractivity contribution in [2.75, 3.05) is 4.90 Å². The first-order valence-electron chi connectivity index (χ1n) is 21.0. The lowest BCUT2D eigenvalue weighted by atomic mass is 9.81. The van der Waals surface area contributed by atoms with Crippen LogP contribution in [0.5, 0.6) is 0 Å². The van der Waals surface area contributed by atoms with Crippen molar-refractivity contribution >= 4 is 39.0 Å². The average molecular weight is 760 g/mol. The van der Waals surface area contributed by atoms with Gasteiger partial charge in [-0.05, 0) is 132 Å². The first-order chi connectivity index (χ1) is 28.5. The second-order valence-electron chi connectivity index (χ2n) is 18.6. The fourth-order valence-electron chi connectivity index (χ4n) is 11.1. The summed E-state index contributed by atoms with van der Waals surface area (Å²) in [5, 5.41) is 2.25. The molecule has 2 nitrogen and oxygen atoms in total. The molecule has 8 aromatic carbocycles. The van der Waals surface area contributed by atoms with Gasteiger partial charge in [0.05, 0.1) is 0 Å². The van der Waals surface area contributed by atoms with Crippen LogP contribution < -0.4 is 4.90 Å². The van der Waals surface area contributed by atoms with Crippen LogP contribution in [-0.4, -0.2) is 0 Å². The third-order valence-corrected chi connectivity index (χ3v) is 14.3. The number of anilines is 3. The van der Waals surface area contributed by atoms with Crippen molar-refractivity contribution in [3.05, 3.63) is 197 Å². The van der Waals surface area contributed by atoms with E-state index in [9.17, 15) is 0 Å². The van der Waals surface area contributed by atoms with Crippen LogP contribution in [0.2, 0.25) is 0 Å². The normalized spacial score (nSPS) is 15.7. The number of hydrogen-bond acceptors (Lipinski definition) is 2. The van der Waals surface area contributed by atoms with E-state index in [1.165, 1.54) is 77.9 Å². The SMILES string of the molecule is CC1(C)c2ccccc2-c2ccc(-c3ccc4oc5cc(N(c6ccc7c(c6)C(C)(C)c6ccccc6-7)c6ccc7c(c6)C(C)(C)c6ccccc6-7)ccc5c4c3)cc21. The molecule has 3 aliphatic rings. The standard InChI is InChI=1S/C57H45NO/c1-55(2)47-16-10-7-13-39(47)42-24-19-35(30-50(42)55)34-20-28-53-46(29-34)45-27-23-38(33-54(45)59-53)58(36-21-25-43-40-14-8-11-17-48(40)56(3,4)51(43)31-36)37-22-26-44-41-15-9-12-18-49(41)57(5,6)52(44)32-37/h7-33H,1-6H3. The highest BCUT2D eigenvalue weighted by Crippen LogP contribution is 2.54. The van der Waals surface area contributed by atoms with Crippen LogP contribution in [0.15, 0.2) is 168 Å². The van der Waals surface area contributed by atoms with Crippen LogP contribution in [0.3, 0.4) is 0 Å². The third kappa shape index (κ3) is 4.69. The highest BCUT2D eigenvalue weighted by Gasteiger charge is 2.38. The number of benzene rings is 8. The molecule has 1 aromatic heterocycles. The summed E-state index contributed by atoms with van der Waals surface area (Å²) in [6.45, 7) is 14.1. The molecule has 0 bridgehead atoms. The van der Waals surface area contributed by atoms with Crippen molar-refractivity contribution in [3.8, 4) is 44.5 Å². The van der Waals surface area contributed by atoms with Crippen molar-refractivity contribution in [2.24, 2.45) is 0 Å². The Morgan fingerprint density at radius 2 is 0.729 bits per heavy atom. The molecule has 0 fully saturated rings. The molecule has 0 unspecified atom stereocenters. The maximum atomic E-state index is 6.73. The predicted molar refractivity (Wildman–Crippen MR) is 247 cm³/mol. The van der Waals surface area contributed by atoms with E-state index in [2.05, 4.69) is 210 Å². The summed E-state index contributed by atoms with van der Waals surface area (Å²) >= 11 is 0. The van der Waals surface area contributed by atoms with E-state index in [0.29, 0.717) is 0 Å². The summed E-state index contributed by atoms with van der Waals surface area (Å²) in [6.07, 6.45) is 0. The van der Waals surface area contributed by atoms with Gasteiger partial charge in [0, 0.05) is 50.1 Å². The Bertz CT molecular complexity index is 3160. The minimum atomic E-state index is -0.117. The minimum absolute atomic E-state index is 0.0478. The van der Waals surface area contributed by atoms with Gasteiger partial charge in [-0.25, -0.2) is 0 Å². The zero-order valence-electron chi connectivity index (χ0n) is 34.4. The van der Waals surface area contributed by atoms with Crippen molar-refractivity contribution < 1.29 is 4.42 Å². The van der Waals surface area contributed by atoms with Crippen LogP contribution in [0.25, 0.3) is 66.4 Å². The largest absolute Gasteiger partial charge is 0.456 e. The van der Waals surface area contributed by atoms with Gasteiger partial charge in [0.2, 0.25) is 0 Å². The van der Waals surface area contributed by atoms with Crippen LogP contribution >= 0.6 is 0 Å². The zero-order chi connectivity index (χ0) is 40.0. The Hall–Kier alpha value is -6.64. The molecule has 59 heavy (non-hydrogen) atoms. The molecule has 2 heteroatoms. The highest BCUT2D eigenvalue weighted by atomic mass is 16.3. The number of hydrogen-bond donors (Lipinski definition) is 0. The Balaban J connectivity index is 0.994. The van der Waals surface area contributed by atoms with E-state index >= 15 is 0 Å². The van der Waals surface area contributed by atoms with Gasteiger partial charge in [-0.3, -0.25) is 0 Å². The monoisotopic (exact) mass is 759 g/mol. The molecule has 0 radical (unpaired) electrons. The summed E-state index contributed by atoms with van der Waals surface area (Å²) < 4.78 is 6.73. The molecule has 284 valence electrons. The first kappa shape index (κ1) is 34.4. The van der Waals surface area contributed by atoms with Gasteiger partial charge in [-0.2, -0.15) is 0 Å². The van der Waals surface area contributed by atoms with Crippen molar-refractivity contribution in [3.63, 3.8) is 0 Å². The summed E-state index contributed by atoms with van der Waals surface area (Å²) in [7, 11) is 0. The molecule has 12 rings (SSSR count). The summed E-state index contributed by atoms with van der Waals surface area (Å²) in [4.78, 5) is 2.43. The van der Waals surface area contributed by atoms with Gasteiger partial charge in [-0.15, -0.1) is 0 Å². The Morgan fingerprint density at radius 1 is 0.322 bits per heavy atom. The highest BCUT2D eigenvalue weighted by molar-refractivity contribution is 6.07. The Labute approximate surface area is 346 Å². The van der Waals surface area contributed by atoms with E-state index in [0.717, 1.165) is 39.0 Å². The number of rotatable bonds is 4. The number of nitrogens with zero attached hydrogens (tertiary/aromatic N) is 1. The predicted octanol–water partition coefficient (Wildman–Crippen LogP) is 15.6. The summed E-state index contributed by atoms with van der Waals surface area (Å²) in [6, 6.07) is 61.2. The molecule has 1 heterocycles. The second kappa shape index (κ2) is 11.7. The quantitative estimate of drug-likeness (QED) is 0.178. The molecule has 0 aliphatic heterocycles. The molecule has 0 amide bonds. The fourth-order valence-corrected chi connectivity index (χ4v) is 11.1. The average Bonchev–Trinajstić information content (AvgIpc) is 3.89. The second-order valence-corrected chi connectivity index (χ2v) is 18.6. The van der Waals surface area contributed by atoms with Gasteiger partial charge in [-0.1, -0.05) is 145 Å². The van der Waals surface area contributed by atoms with Crippen LogP contribution in [-0.2, 0) is 16.2 Å². The molecule has 9 aromatic rings. The smallest absolute Gasteiger partial charge is 0.137 e. The maximum absolute atomic E-state index is 6.73. The fraction of sp³-hybridized carbons (Fsp3) is 0.158. The van der Waals surface area contributed by atoms with Crippen molar-refractivity contribution in [1.82, 2.24) is 0 Å². The lowest BCUT2D eigenvalue weighted by Gasteiger charge is -2.29.